The van der Waals surface area contributed by atoms with Crippen molar-refractivity contribution in [2.45, 2.75) is 39.2 Å². The Morgan fingerprint density at radius 2 is 1.91 bits per heavy atom. The van der Waals surface area contributed by atoms with Gasteiger partial charge < -0.3 is 15.5 Å². The number of nitrogens with zero attached hydrogens (tertiary/aromatic N) is 3. The van der Waals surface area contributed by atoms with Crippen molar-refractivity contribution in [1.29, 1.82) is 0 Å². The first kappa shape index (κ1) is 17.5. The minimum Gasteiger partial charge on any atom is -0.353 e. The molecule has 2 heterocycles. The van der Waals surface area contributed by atoms with Gasteiger partial charge in [0, 0.05) is 25.8 Å². The number of carbonyl (C=O) groups excluding carboxylic acids is 2. The summed E-state index contributed by atoms with van der Waals surface area (Å²) in [6.45, 7) is 6.27. The molecule has 1 aliphatic rings. The van der Waals surface area contributed by atoms with Crippen molar-refractivity contribution < 1.29 is 9.59 Å². The number of aryl methyl sites for hydroxylation is 1. The smallest absolute Gasteiger partial charge is 0.269 e. The highest BCUT2D eigenvalue weighted by Crippen LogP contribution is 2.08. The number of amides is 2. The van der Waals surface area contributed by atoms with Gasteiger partial charge in [0.15, 0.2) is 0 Å². The number of rotatable bonds is 7. The zero-order valence-electron chi connectivity index (χ0n) is 13.9. The van der Waals surface area contributed by atoms with Gasteiger partial charge in [-0.25, -0.2) is 0 Å². The Kier molecular flexibility index (Phi) is 7.06. The van der Waals surface area contributed by atoms with Gasteiger partial charge >= 0.3 is 0 Å². The van der Waals surface area contributed by atoms with E-state index in [0.717, 1.165) is 19.6 Å². The van der Waals surface area contributed by atoms with Gasteiger partial charge in [0.05, 0.1) is 6.54 Å². The van der Waals surface area contributed by atoms with Gasteiger partial charge in [-0.3, -0.25) is 14.3 Å². The fraction of sp³-hybridized carbons (Fsp3) is 0.688. The largest absolute Gasteiger partial charge is 0.353 e. The van der Waals surface area contributed by atoms with Gasteiger partial charge in [-0.15, -0.1) is 0 Å². The SMILES string of the molecule is CCn1nccc1C(=O)NCC(=O)NCCN1CCCCCC1. The van der Waals surface area contributed by atoms with E-state index in [1.165, 1.54) is 25.7 Å². The third-order valence-electron chi connectivity index (χ3n) is 4.11. The van der Waals surface area contributed by atoms with Gasteiger partial charge in [-0.05, 0) is 38.9 Å². The first-order valence-electron chi connectivity index (χ1n) is 8.49. The topological polar surface area (TPSA) is 79.3 Å². The maximum atomic E-state index is 12.0. The average Bonchev–Trinajstić information content (AvgIpc) is 2.89. The van der Waals surface area contributed by atoms with E-state index in [2.05, 4.69) is 20.6 Å². The minimum atomic E-state index is -0.271. The molecule has 0 bridgehead atoms. The molecule has 1 aromatic rings. The summed E-state index contributed by atoms with van der Waals surface area (Å²) in [5, 5.41) is 9.54. The first-order valence-corrected chi connectivity index (χ1v) is 8.49. The van der Waals surface area contributed by atoms with E-state index >= 15 is 0 Å². The molecule has 1 aliphatic heterocycles. The highest BCUT2D eigenvalue weighted by molar-refractivity contribution is 5.95. The van der Waals surface area contributed by atoms with Gasteiger partial charge in [0.25, 0.3) is 5.91 Å². The van der Waals surface area contributed by atoms with Crippen LogP contribution in [0.3, 0.4) is 0 Å². The Balaban J connectivity index is 1.64. The molecule has 0 radical (unpaired) electrons. The van der Waals surface area contributed by atoms with Crippen molar-refractivity contribution in [1.82, 2.24) is 25.3 Å². The van der Waals surface area contributed by atoms with E-state index < -0.39 is 0 Å². The lowest BCUT2D eigenvalue weighted by atomic mass is 10.2. The van der Waals surface area contributed by atoms with Crippen LogP contribution in [-0.2, 0) is 11.3 Å². The summed E-state index contributed by atoms with van der Waals surface area (Å²) in [5.41, 5.74) is 0.477. The Hall–Kier alpha value is -1.89. The van der Waals surface area contributed by atoms with Gasteiger partial charge in [0.1, 0.15) is 5.69 Å². The number of likely N-dealkylation sites (tertiary alicyclic amines) is 1. The number of hydrogen-bond acceptors (Lipinski definition) is 4. The van der Waals surface area contributed by atoms with E-state index in [1.54, 1.807) is 16.9 Å². The van der Waals surface area contributed by atoms with Crippen LogP contribution in [0.1, 0.15) is 43.1 Å². The Morgan fingerprint density at radius 3 is 2.61 bits per heavy atom. The normalized spacial score (nSPS) is 15.9. The number of carbonyl (C=O) groups is 2. The van der Waals surface area contributed by atoms with Crippen LogP contribution in [0.5, 0.6) is 0 Å². The number of aromatic nitrogens is 2. The third-order valence-corrected chi connectivity index (χ3v) is 4.11. The molecule has 1 aromatic heterocycles. The molecule has 128 valence electrons. The van der Waals surface area contributed by atoms with E-state index in [9.17, 15) is 9.59 Å². The highest BCUT2D eigenvalue weighted by Gasteiger charge is 2.13. The lowest BCUT2D eigenvalue weighted by Crippen LogP contribution is -2.41. The van der Waals surface area contributed by atoms with Crippen molar-refractivity contribution in [2.75, 3.05) is 32.7 Å². The molecule has 0 aromatic carbocycles. The third kappa shape index (κ3) is 5.67. The molecule has 0 aliphatic carbocycles. The standard InChI is InChI=1S/C16H27N5O2/c1-2-21-14(7-8-19-21)16(23)18-13-15(22)17-9-12-20-10-5-3-4-6-11-20/h7-8H,2-6,9-13H2,1H3,(H,17,22)(H,18,23). The fourth-order valence-electron chi connectivity index (χ4n) is 2.80. The molecule has 2 amide bonds. The molecule has 23 heavy (non-hydrogen) atoms. The Labute approximate surface area is 137 Å². The predicted octanol–water partition coefficient (Wildman–Crippen LogP) is 0.625. The Morgan fingerprint density at radius 1 is 1.17 bits per heavy atom. The van der Waals surface area contributed by atoms with Crippen molar-refractivity contribution in [3.63, 3.8) is 0 Å². The van der Waals surface area contributed by atoms with Crippen LogP contribution >= 0.6 is 0 Å². The van der Waals surface area contributed by atoms with Crippen LogP contribution in [0.15, 0.2) is 12.3 Å². The molecule has 0 unspecified atom stereocenters. The molecule has 0 spiro atoms. The van der Waals surface area contributed by atoms with Crippen LogP contribution < -0.4 is 10.6 Å². The van der Waals surface area contributed by atoms with Crippen LogP contribution in [0.25, 0.3) is 0 Å². The summed E-state index contributed by atoms with van der Waals surface area (Å²) >= 11 is 0. The minimum absolute atomic E-state index is 0.00622. The summed E-state index contributed by atoms with van der Waals surface area (Å²) in [6.07, 6.45) is 6.69. The fourth-order valence-corrected chi connectivity index (χ4v) is 2.80. The van der Waals surface area contributed by atoms with E-state index in [4.69, 9.17) is 0 Å². The van der Waals surface area contributed by atoms with E-state index in [0.29, 0.717) is 18.8 Å². The van der Waals surface area contributed by atoms with Crippen LogP contribution in [0.2, 0.25) is 0 Å². The van der Waals surface area contributed by atoms with Crippen LogP contribution in [0, 0.1) is 0 Å². The molecular formula is C16H27N5O2. The zero-order valence-corrected chi connectivity index (χ0v) is 13.9. The second-order valence-corrected chi connectivity index (χ2v) is 5.82. The van der Waals surface area contributed by atoms with Crippen LogP contribution in [-0.4, -0.2) is 59.2 Å². The average molecular weight is 321 g/mol. The van der Waals surface area contributed by atoms with E-state index in [-0.39, 0.29) is 18.4 Å². The van der Waals surface area contributed by atoms with Crippen molar-refractivity contribution in [2.24, 2.45) is 0 Å². The molecule has 1 saturated heterocycles. The number of hydrogen-bond donors (Lipinski definition) is 2. The van der Waals surface area contributed by atoms with Gasteiger partial charge in [-0.1, -0.05) is 12.8 Å². The molecule has 7 heteroatoms. The quantitative estimate of drug-likeness (QED) is 0.772. The van der Waals surface area contributed by atoms with Gasteiger partial charge in [-0.2, -0.15) is 5.10 Å². The van der Waals surface area contributed by atoms with Crippen molar-refractivity contribution in [3.05, 3.63) is 18.0 Å². The second-order valence-electron chi connectivity index (χ2n) is 5.82. The second kappa shape index (κ2) is 9.29. The molecule has 0 saturated carbocycles. The lowest BCUT2D eigenvalue weighted by Gasteiger charge is -2.19. The monoisotopic (exact) mass is 321 g/mol. The molecular weight excluding hydrogens is 294 g/mol. The highest BCUT2D eigenvalue weighted by atomic mass is 16.2. The predicted molar refractivity (Wildman–Crippen MR) is 88.2 cm³/mol. The maximum absolute atomic E-state index is 12.0. The molecule has 1 fully saturated rings. The zero-order chi connectivity index (χ0) is 16.5. The summed E-state index contributed by atoms with van der Waals surface area (Å²) < 4.78 is 1.60. The summed E-state index contributed by atoms with van der Waals surface area (Å²) in [6, 6.07) is 1.65. The Bertz CT molecular complexity index is 506. The first-order chi connectivity index (χ1) is 11.2. The number of nitrogens with one attached hydrogen (secondary N) is 2. The molecule has 7 nitrogen and oxygen atoms in total. The lowest BCUT2D eigenvalue weighted by molar-refractivity contribution is -0.120. The molecule has 0 atom stereocenters. The summed E-state index contributed by atoms with van der Waals surface area (Å²) in [5.74, 6) is -0.428. The van der Waals surface area contributed by atoms with Crippen molar-refractivity contribution >= 4 is 11.8 Å². The molecule has 2 N–H and O–H groups in total. The van der Waals surface area contributed by atoms with Crippen molar-refractivity contribution in [3.8, 4) is 0 Å². The summed E-state index contributed by atoms with van der Waals surface area (Å²) in [4.78, 5) is 26.2. The summed E-state index contributed by atoms with van der Waals surface area (Å²) in [7, 11) is 0. The molecule has 2 rings (SSSR count). The maximum Gasteiger partial charge on any atom is 0.269 e. The van der Waals surface area contributed by atoms with E-state index in [1.807, 2.05) is 6.92 Å². The van der Waals surface area contributed by atoms with Gasteiger partial charge in [0.2, 0.25) is 5.91 Å². The van der Waals surface area contributed by atoms with Crippen LogP contribution in [0.4, 0.5) is 0 Å².